The van der Waals surface area contributed by atoms with Crippen LogP contribution >= 0.6 is 34.8 Å². The molecule has 3 aromatic carbocycles. The Morgan fingerprint density at radius 1 is 0.857 bits per heavy atom. The van der Waals surface area contributed by atoms with Gasteiger partial charge in [-0.15, -0.1) is 0 Å². The van der Waals surface area contributed by atoms with Crippen molar-refractivity contribution in [2.24, 2.45) is 0 Å². The van der Waals surface area contributed by atoms with E-state index in [1.54, 1.807) is 18.2 Å². The molecule has 1 N–H and O–H groups in total. The summed E-state index contributed by atoms with van der Waals surface area (Å²) in [4.78, 5) is 28.5. The highest BCUT2D eigenvalue weighted by atomic mass is 35.5. The molecule has 0 radical (unpaired) electrons. The zero-order chi connectivity index (χ0) is 25.5. The van der Waals surface area contributed by atoms with Gasteiger partial charge >= 0.3 is 0 Å². The normalized spacial score (nSPS) is 11.9. The lowest BCUT2D eigenvalue weighted by molar-refractivity contribution is -0.141. The number of hydrogen-bond donors (Lipinski definition) is 1. The molecule has 0 saturated carbocycles. The molecule has 0 spiro atoms. The van der Waals surface area contributed by atoms with Gasteiger partial charge in [0.25, 0.3) is 0 Å². The second-order valence-electron chi connectivity index (χ2n) is 8.47. The van der Waals surface area contributed by atoms with Crippen LogP contribution in [-0.4, -0.2) is 28.8 Å². The average Bonchev–Trinajstić information content (AvgIpc) is 2.80. The standard InChI is InChI=1S/C27H26Cl3FN2O2/c1-17(2)32-27(35)25(14-18-8-4-3-5-9-18)33(16-20-22(29)10-6-11-23(20)30)26(34)15-19-21(28)12-7-13-24(19)31/h3-13,17,25H,14-16H2,1-2H3,(H,32,35). The van der Waals surface area contributed by atoms with Gasteiger partial charge in [-0.3, -0.25) is 9.59 Å². The smallest absolute Gasteiger partial charge is 0.243 e. The third kappa shape index (κ3) is 7.20. The Hall–Kier alpha value is -2.60. The minimum absolute atomic E-state index is 0.0353. The van der Waals surface area contributed by atoms with Crippen LogP contribution in [0.15, 0.2) is 66.7 Å². The highest BCUT2D eigenvalue weighted by Crippen LogP contribution is 2.28. The summed E-state index contributed by atoms with van der Waals surface area (Å²) in [6.45, 7) is 3.65. The van der Waals surface area contributed by atoms with Crippen LogP contribution in [0.1, 0.15) is 30.5 Å². The van der Waals surface area contributed by atoms with Gasteiger partial charge in [-0.1, -0.05) is 77.3 Å². The van der Waals surface area contributed by atoms with Crippen molar-refractivity contribution in [2.75, 3.05) is 0 Å². The summed E-state index contributed by atoms with van der Waals surface area (Å²) in [5, 5.41) is 3.77. The second-order valence-corrected chi connectivity index (χ2v) is 9.69. The Morgan fingerprint density at radius 3 is 2.00 bits per heavy atom. The van der Waals surface area contributed by atoms with Crippen molar-refractivity contribution in [1.29, 1.82) is 0 Å². The molecule has 0 fully saturated rings. The number of nitrogens with one attached hydrogen (secondary N) is 1. The molecule has 3 rings (SSSR count). The summed E-state index contributed by atoms with van der Waals surface area (Å²) in [6, 6.07) is 17.6. The predicted molar refractivity (Wildman–Crippen MR) is 139 cm³/mol. The van der Waals surface area contributed by atoms with E-state index in [0.29, 0.717) is 15.6 Å². The van der Waals surface area contributed by atoms with Crippen molar-refractivity contribution < 1.29 is 14.0 Å². The van der Waals surface area contributed by atoms with Gasteiger partial charge in [0.2, 0.25) is 11.8 Å². The van der Waals surface area contributed by atoms with Crippen molar-refractivity contribution in [3.63, 3.8) is 0 Å². The maximum atomic E-state index is 14.5. The van der Waals surface area contributed by atoms with Crippen LogP contribution in [0.2, 0.25) is 15.1 Å². The number of carbonyl (C=O) groups is 2. The molecule has 0 aliphatic carbocycles. The molecule has 35 heavy (non-hydrogen) atoms. The van der Waals surface area contributed by atoms with Crippen LogP contribution in [0.3, 0.4) is 0 Å². The van der Waals surface area contributed by atoms with Crippen molar-refractivity contribution >= 4 is 46.6 Å². The molecule has 0 aliphatic rings. The van der Waals surface area contributed by atoms with Gasteiger partial charge < -0.3 is 10.2 Å². The van der Waals surface area contributed by atoms with Crippen molar-refractivity contribution in [1.82, 2.24) is 10.2 Å². The lowest BCUT2D eigenvalue weighted by Crippen LogP contribution is -2.52. The van der Waals surface area contributed by atoms with E-state index < -0.39 is 17.8 Å². The van der Waals surface area contributed by atoms with Crippen LogP contribution in [0.25, 0.3) is 0 Å². The SMILES string of the molecule is CC(C)NC(=O)C(Cc1ccccc1)N(Cc1c(Cl)cccc1Cl)C(=O)Cc1c(F)cccc1Cl. The van der Waals surface area contributed by atoms with E-state index in [-0.39, 0.29) is 41.9 Å². The molecule has 0 bridgehead atoms. The first-order valence-corrected chi connectivity index (χ1v) is 12.3. The van der Waals surface area contributed by atoms with E-state index in [9.17, 15) is 14.0 Å². The van der Waals surface area contributed by atoms with Crippen LogP contribution in [-0.2, 0) is 29.0 Å². The molecule has 1 unspecified atom stereocenters. The molecule has 0 aliphatic heterocycles. The monoisotopic (exact) mass is 534 g/mol. The maximum absolute atomic E-state index is 14.5. The molecule has 1 atom stereocenters. The largest absolute Gasteiger partial charge is 0.352 e. The number of nitrogens with zero attached hydrogens (tertiary/aromatic N) is 1. The third-order valence-electron chi connectivity index (χ3n) is 5.48. The number of carbonyl (C=O) groups excluding carboxylic acids is 2. The fraction of sp³-hybridized carbons (Fsp3) is 0.259. The Morgan fingerprint density at radius 2 is 1.43 bits per heavy atom. The summed E-state index contributed by atoms with van der Waals surface area (Å²) in [5.74, 6) is -1.40. The Kier molecular flexibility index (Phi) is 9.55. The number of amides is 2. The topological polar surface area (TPSA) is 49.4 Å². The van der Waals surface area contributed by atoms with Gasteiger partial charge in [-0.25, -0.2) is 4.39 Å². The summed E-state index contributed by atoms with van der Waals surface area (Å²) in [5.41, 5.74) is 1.43. The van der Waals surface area contributed by atoms with E-state index in [4.69, 9.17) is 34.8 Å². The summed E-state index contributed by atoms with van der Waals surface area (Å²) in [7, 11) is 0. The molecular formula is C27H26Cl3FN2O2. The Bertz CT molecular complexity index is 1150. The quantitative estimate of drug-likeness (QED) is 0.340. The number of rotatable bonds is 9. The van der Waals surface area contributed by atoms with E-state index in [1.807, 2.05) is 44.2 Å². The van der Waals surface area contributed by atoms with E-state index >= 15 is 0 Å². The lowest BCUT2D eigenvalue weighted by Gasteiger charge is -2.32. The lowest BCUT2D eigenvalue weighted by atomic mass is 10.0. The second kappa shape index (κ2) is 12.4. The maximum Gasteiger partial charge on any atom is 0.243 e. The molecule has 0 heterocycles. The highest BCUT2D eigenvalue weighted by molar-refractivity contribution is 6.36. The molecule has 0 saturated heterocycles. The molecule has 4 nitrogen and oxygen atoms in total. The van der Waals surface area contributed by atoms with Crippen LogP contribution in [0.4, 0.5) is 4.39 Å². The fourth-order valence-corrected chi connectivity index (χ4v) is 4.49. The van der Waals surface area contributed by atoms with Gasteiger partial charge in [0.1, 0.15) is 11.9 Å². The first-order chi connectivity index (χ1) is 16.7. The summed E-state index contributed by atoms with van der Waals surface area (Å²) in [6.07, 6.45) is -0.0773. The summed E-state index contributed by atoms with van der Waals surface area (Å²) < 4.78 is 14.5. The van der Waals surface area contributed by atoms with E-state index in [1.165, 1.54) is 23.1 Å². The van der Waals surface area contributed by atoms with Crippen LogP contribution in [0.5, 0.6) is 0 Å². The van der Waals surface area contributed by atoms with Crippen molar-refractivity contribution in [3.05, 3.63) is 104 Å². The van der Waals surface area contributed by atoms with Gasteiger partial charge in [0.05, 0.1) is 6.42 Å². The minimum Gasteiger partial charge on any atom is -0.352 e. The van der Waals surface area contributed by atoms with Gasteiger partial charge in [-0.05, 0) is 43.7 Å². The first-order valence-electron chi connectivity index (χ1n) is 11.2. The number of halogens is 4. The Labute approximate surface area is 220 Å². The molecule has 2 amide bonds. The van der Waals surface area contributed by atoms with Crippen LogP contribution in [0, 0.1) is 5.82 Å². The van der Waals surface area contributed by atoms with Gasteiger partial charge in [-0.2, -0.15) is 0 Å². The zero-order valence-corrected chi connectivity index (χ0v) is 21.7. The van der Waals surface area contributed by atoms with Gasteiger partial charge in [0, 0.05) is 45.2 Å². The number of benzene rings is 3. The third-order valence-corrected chi connectivity index (χ3v) is 6.54. The molecule has 0 aromatic heterocycles. The first kappa shape index (κ1) is 27.0. The molecule has 3 aromatic rings. The average molecular weight is 536 g/mol. The fourth-order valence-electron chi connectivity index (χ4n) is 3.74. The molecule has 8 heteroatoms. The number of hydrogen-bond acceptors (Lipinski definition) is 2. The Balaban J connectivity index is 2.06. The van der Waals surface area contributed by atoms with Crippen molar-refractivity contribution in [2.45, 2.75) is 45.3 Å². The van der Waals surface area contributed by atoms with E-state index in [2.05, 4.69) is 5.32 Å². The highest BCUT2D eigenvalue weighted by Gasteiger charge is 2.32. The molecular weight excluding hydrogens is 510 g/mol. The summed E-state index contributed by atoms with van der Waals surface area (Å²) >= 11 is 19.0. The van der Waals surface area contributed by atoms with Crippen LogP contribution < -0.4 is 5.32 Å². The minimum atomic E-state index is -0.898. The van der Waals surface area contributed by atoms with Gasteiger partial charge in [0.15, 0.2) is 0 Å². The molecule has 184 valence electrons. The zero-order valence-electron chi connectivity index (χ0n) is 19.4. The van der Waals surface area contributed by atoms with Crippen molar-refractivity contribution in [3.8, 4) is 0 Å². The van der Waals surface area contributed by atoms with E-state index in [0.717, 1.165) is 5.56 Å². The predicted octanol–water partition coefficient (Wildman–Crippen LogP) is 6.49.